The topological polar surface area (TPSA) is 65.0 Å². The van der Waals surface area contributed by atoms with Crippen molar-refractivity contribution in [3.05, 3.63) is 34.7 Å². The largest absolute Gasteiger partial charge is 0.356 e. The zero-order valence-electron chi connectivity index (χ0n) is 10.6. The Labute approximate surface area is 120 Å². The molecule has 0 bridgehead atoms. The molecule has 0 aromatic heterocycles. The first-order valence-corrected chi connectivity index (χ1v) is 7.88. The molecule has 100 valence electrons. The molecule has 4 nitrogen and oxygen atoms in total. The van der Waals surface area contributed by atoms with Gasteiger partial charge in [-0.05, 0) is 41.8 Å². The van der Waals surface area contributed by atoms with E-state index in [1.807, 2.05) is 30.5 Å². The third kappa shape index (κ3) is 3.20. The molecule has 1 aliphatic rings. The summed E-state index contributed by atoms with van der Waals surface area (Å²) in [5, 5.41) is -0.208. The van der Waals surface area contributed by atoms with E-state index < -0.39 is 0 Å². The van der Waals surface area contributed by atoms with Crippen molar-refractivity contribution in [2.24, 2.45) is 0 Å². The van der Waals surface area contributed by atoms with Crippen LogP contribution in [-0.2, 0) is 4.79 Å². The van der Waals surface area contributed by atoms with Gasteiger partial charge in [-0.15, -0.1) is 11.8 Å². The van der Waals surface area contributed by atoms with Crippen molar-refractivity contribution in [1.82, 2.24) is 4.90 Å². The minimum Gasteiger partial charge on any atom is -0.356 e. The quantitative estimate of drug-likeness (QED) is 0.678. The molecule has 2 amide bonds. The van der Waals surface area contributed by atoms with Gasteiger partial charge in [-0.1, -0.05) is 12.1 Å². The first-order chi connectivity index (χ1) is 9.15. The molecule has 0 atom stereocenters. The molecule has 2 rings (SSSR count). The highest BCUT2D eigenvalue weighted by atomic mass is 32.2. The SMILES string of the molecule is CSc1ccc(/C=C2/SC(=O)N(CC[NH3+])C2=O)cc1. The molecule has 1 aliphatic heterocycles. The van der Waals surface area contributed by atoms with Crippen LogP contribution >= 0.6 is 23.5 Å². The average molecular weight is 295 g/mol. The number of rotatable bonds is 4. The van der Waals surface area contributed by atoms with Crippen LogP contribution in [0.4, 0.5) is 4.79 Å². The second-order valence-corrected chi connectivity index (χ2v) is 5.83. The number of quaternary nitrogens is 1. The van der Waals surface area contributed by atoms with Crippen LogP contribution in [0.3, 0.4) is 0 Å². The van der Waals surface area contributed by atoms with Gasteiger partial charge < -0.3 is 5.73 Å². The highest BCUT2D eigenvalue weighted by molar-refractivity contribution is 8.18. The third-order valence-electron chi connectivity index (χ3n) is 2.67. The summed E-state index contributed by atoms with van der Waals surface area (Å²) in [4.78, 5) is 26.6. The number of carbonyl (C=O) groups is 2. The normalized spacial score (nSPS) is 17.6. The predicted octanol–water partition coefficient (Wildman–Crippen LogP) is 1.69. The van der Waals surface area contributed by atoms with Crippen LogP contribution in [0.25, 0.3) is 6.08 Å². The summed E-state index contributed by atoms with van der Waals surface area (Å²) in [6, 6.07) is 7.88. The molecule has 0 spiro atoms. The first kappa shape index (κ1) is 14.2. The van der Waals surface area contributed by atoms with Gasteiger partial charge in [0.1, 0.15) is 0 Å². The molecular weight excluding hydrogens is 280 g/mol. The second-order valence-electron chi connectivity index (χ2n) is 3.96. The molecule has 0 unspecified atom stereocenters. The Kier molecular flexibility index (Phi) is 4.68. The molecular formula is C13H15N2O2S2+. The fraction of sp³-hybridized carbons (Fsp3) is 0.231. The number of hydrogen-bond acceptors (Lipinski definition) is 4. The maximum absolute atomic E-state index is 12.0. The minimum absolute atomic E-state index is 0.208. The van der Waals surface area contributed by atoms with Gasteiger partial charge in [0, 0.05) is 4.90 Å². The van der Waals surface area contributed by atoms with E-state index >= 15 is 0 Å². The summed E-state index contributed by atoms with van der Waals surface area (Å²) in [5.41, 5.74) is 4.60. The number of thioether (sulfide) groups is 2. The van der Waals surface area contributed by atoms with Gasteiger partial charge in [0.2, 0.25) is 0 Å². The van der Waals surface area contributed by atoms with Crippen molar-refractivity contribution >= 4 is 40.7 Å². The van der Waals surface area contributed by atoms with Crippen LogP contribution < -0.4 is 5.73 Å². The molecule has 1 saturated heterocycles. The van der Waals surface area contributed by atoms with Gasteiger partial charge in [-0.3, -0.25) is 14.5 Å². The lowest BCUT2D eigenvalue weighted by atomic mass is 10.2. The summed E-state index contributed by atoms with van der Waals surface area (Å²) in [6.45, 7) is 0.918. The molecule has 0 radical (unpaired) electrons. The van der Waals surface area contributed by atoms with Crippen LogP contribution in [0, 0.1) is 0 Å². The lowest BCUT2D eigenvalue weighted by molar-refractivity contribution is -0.367. The van der Waals surface area contributed by atoms with Gasteiger partial charge in [-0.25, -0.2) is 0 Å². The smallest absolute Gasteiger partial charge is 0.293 e. The van der Waals surface area contributed by atoms with Crippen molar-refractivity contribution in [1.29, 1.82) is 0 Å². The van der Waals surface area contributed by atoms with Crippen molar-refractivity contribution in [3.63, 3.8) is 0 Å². The minimum atomic E-state index is -0.215. The number of imide groups is 1. The monoisotopic (exact) mass is 295 g/mol. The number of carbonyl (C=O) groups excluding carboxylic acids is 2. The van der Waals surface area contributed by atoms with E-state index in [-0.39, 0.29) is 11.1 Å². The number of nitrogens with zero attached hydrogens (tertiary/aromatic N) is 1. The average Bonchev–Trinajstić information content (AvgIpc) is 2.68. The van der Waals surface area contributed by atoms with E-state index in [0.717, 1.165) is 17.3 Å². The zero-order chi connectivity index (χ0) is 13.8. The van der Waals surface area contributed by atoms with Crippen molar-refractivity contribution < 1.29 is 15.3 Å². The summed E-state index contributed by atoms with van der Waals surface area (Å²) in [6.07, 6.45) is 3.78. The maximum atomic E-state index is 12.0. The Morgan fingerprint density at radius 2 is 2.00 bits per heavy atom. The summed E-state index contributed by atoms with van der Waals surface area (Å²) < 4.78 is 0. The number of amides is 2. The van der Waals surface area contributed by atoms with Crippen LogP contribution in [0.1, 0.15) is 5.56 Å². The third-order valence-corrected chi connectivity index (χ3v) is 4.32. The van der Waals surface area contributed by atoms with Crippen molar-refractivity contribution in [2.75, 3.05) is 19.3 Å². The molecule has 1 aromatic carbocycles. The highest BCUT2D eigenvalue weighted by Crippen LogP contribution is 2.32. The van der Waals surface area contributed by atoms with Crippen LogP contribution in [0.15, 0.2) is 34.1 Å². The molecule has 1 fully saturated rings. The van der Waals surface area contributed by atoms with Crippen LogP contribution in [-0.4, -0.2) is 35.4 Å². The summed E-state index contributed by atoms with van der Waals surface area (Å²) in [5.74, 6) is -0.215. The molecule has 6 heteroatoms. The van der Waals surface area contributed by atoms with Gasteiger partial charge >= 0.3 is 0 Å². The first-order valence-electron chi connectivity index (χ1n) is 5.84. The standard InChI is InChI=1S/C13H14N2O2S2/c1-18-10-4-2-9(3-5-10)8-11-12(16)15(7-6-14)13(17)19-11/h2-5,8H,6-7,14H2,1H3/p+1/b11-8+. The van der Waals surface area contributed by atoms with Crippen molar-refractivity contribution in [2.45, 2.75) is 4.90 Å². The van der Waals surface area contributed by atoms with E-state index in [1.54, 1.807) is 17.8 Å². The Morgan fingerprint density at radius 3 is 2.58 bits per heavy atom. The molecule has 3 N–H and O–H groups in total. The fourth-order valence-electron chi connectivity index (χ4n) is 1.70. The molecule has 19 heavy (non-hydrogen) atoms. The molecule has 1 heterocycles. The van der Waals surface area contributed by atoms with E-state index in [1.165, 1.54) is 9.80 Å². The van der Waals surface area contributed by atoms with Gasteiger partial charge in [-0.2, -0.15) is 0 Å². The molecule has 0 saturated carbocycles. The van der Waals surface area contributed by atoms with Gasteiger partial charge in [0.15, 0.2) is 0 Å². The lowest BCUT2D eigenvalue weighted by Crippen LogP contribution is -2.55. The predicted molar refractivity (Wildman–Crippen MR) is 78.7 cm³/mol. The molecule has 0 aliphatic carbocycles. The Balaban J connectivity index is 2.19. The zero-order valence-corrected chi connectivity index (χ0v) is 12.2. The van der Waals surface area contributed by atoms with E-state index in [4.69, 9.17) is 0 Å². The number of benzene rings is 1. The molecule has 1 aromatic rings. The summed E-state index contributed by atoms with van der Waals surface area (Å²) >= 11 is 2.66. The van der Waals surface area contributed by atoms with Crippen LogP contribution in [0.5, 0.6) is 0 Å². The van der Waals surface area contributed by atoms with Gasteiger partial charge in [0.25, 0.3) is 11.1 Å². The highest BCUT2D eigenvalue weighted by Gasteiger charge is 2.34. The summed E-state index contributed by atoms with van der Waals surface area (Å²) in [7, 11) is 0. The van der Waals surface area contributed by atoms with Gasteiger partial charge in [0.05, 0.1) is 18.0 Å². The Hall–Kier alpha value is -1.24. The van der Waals surface area contributed by atoms with E-state index in [9.17, 15) is 9.59 Å². The Morgan fingerprint density at radius 1 is 1.32 bits per heavy atom. The second kappa shape index (κ2) is 6.27. The number of hydrogen-bond donors (Lipinski definition) is 1. The van der Waals surface area contributed by atoms with Crippen LogP contribution in [0.2, 0.25) is 0 Å². The lowest BCUT2D eigenvalue weighted by Gasteiger charge is -2.08. The fourth-order valence-corrected chi connectivity index (χ4v) is 2.98. The van der Waals surface area contributed by atoms with E-state index in [2.05, 4.69) is 5.73 Å². The van der Waals surface area contributed by atoms with Crippen molar-refractivity contribution in [3.8, 4) is 0 Å². The maximum Gasteiger partial charge on any atom is 0.293 e. The van der Waals surface area contributed by atoms with E-state index in [0.29, 0.717) is 18.0 Å². The Bertz CT molecular complexity index is 526.